The first-order chi connectivity index (χ1) is 14.5. The van der Waals surface area contributed by atoms with Gasteiger partial charge in [0.15, 0.2) is 0 Å². The third kappa shape index (κ3) is 4.31. The molecule has 0 bridgehead atoms. The fraction of sp³-hybridized carbons (Fsp3) is 0.0455. The van der Waals surface area contributed by atoms with E-state index in [1.807, 2.05) is 6.07 Å². The molecular weight excluding hydrogens is 441 g/mol. The molecular formula is C22H15Cl2N3O2S. The minimum Gasteiger partial charge on any atom is -0.348 e. The molecule has 0 unspecified atom stereocenters. The fourth-order valence-corrected chi connectivity index (χ4v) is 4.62. The summed E-state index contributed by atoms with van der Waals surface area (Å²) >= 11 is 13.7. The van der Waals surface area contributed by atoms with Gasteiger partial charge in [0.1, 0.15) is 4.88 Å². The van der Waals surface area contributed by atoms with Crippen LogP contribution in [0.3, 0.4) is 0 Å². The van der Waals surface area contributed by atoms with Crippen molar-refractivity contribution in [3.05, 3.63) is 93.0 Å². The molecule has 0 aliphatic carbocycles. The van der Waals surface area contributed by atoms with Crippen LogP contribution in [0.2, 0.25) is 10.0 Å². The van der Waals surface area contributed by atoms with Crippen LogP contribution in [-0.4, -0.2) is 16.8 Å². The number of anilines is 1. The zero-order valence-electron chi connectivity index (χ0n) is 15.5. The number of amides is 2. The first-order valence-electron chi connectivity index (χ1n) is 8.98. The largest absolute Gasteiger partial charge is 0.348 e. The van der Waals surface area contributed by atoms with Gasteiger partial charge in [0.05, 0.1) is 16.3 Å². The molecule has 5 nitrogen and oxygen atoms in total. The van der Waals surface area contributed by atoms with Gasteiger partial charge in [0.2, 0.25) is 0 Å². The molecule has 8 heteroatoms. The molecule has 2 aromatic carbocycles. The maximum Gasteiger partial charge on any atom is 0.267 e. The topological polar surface area (TPSA) is 71.1 Å². The van der Waals surface area contributed by atoms with Gasteiger partial charge in [0.25, 0.3) is 11.8 Å². The Kier molecular flexibility index (Phi) is 5.99. The molecule has 0 saturated carbocycles. The van der Waals surface area contributed by atoms with Crippen LogP contribution in [0.4, 0.5) is 5.69 Å². The number of pyridine rings is 1. The number of carbonyl (C=O) groups excluding carboxylic acids is 2. The van der Waals surface area contributed by atoms with Gasteiger partial charge in [-0.3, -0.25) is 14.6 Å². The minimum absolute atomic E-state index is 0.302. The SMILES string of the molecule is O=C(NCc1cccnc1)c1ccccc1NC(=O)c1sc2cc(Cl)ccc2c1Cl. The molecule has 0 spiro atoms. The lowest BCUT2D eigenvalue weighted by Crippen LogP contribution is -2.24. The van der Waals surface area contributed by atoms with Crippen molar-refractivity contribution in [2.45, 2.75) is 6.54 Å². The first kappa shape index (κ1) is 20.3. The maximum absolute atomic E-state index is 12.9. The normalized spacial score (nSPS) is 10.7. The predicted octanol–water partition coefficient (Wildman–Crippen LogP) is 5.79. The minimum atomic E-state index is -0.384. The zero-order chi connectivity index (χ0) is 21.1. The summed E-state index contributed by atoms with van der Waals surface area (Å²) in [6, 6.07) is 15.8. The van der Waals surface area contributed by atoms with E-state index >= 15 is 0 Å². The maximum atomic E-state index is 12.9. The molecule has 2 amide bonds. The Morgan fingerprint density at radius 3 is 2.63 bits per heavy atom. The zero-order valence-corrected chi connectivity index (χ0v) is 17.8. The monoisotopic (exact) mass is 455 g/mol. The van der Waals surface area contributed by atoms with E-state index in [4.69, 9.17) is 23.2 Å². The second kappa shape index (κ2) is 8.83. The lowest BCUT2D eigenvalue weighted by molar-refractivity contribution is 0.0951. The summed E-state index contributed by atoms with van der Waals surface area (Å²) in [7, 11) is 0. The van der Waals surface area contributed by atoms with Crippen LogP contribution < -0.4 is 10.6 Å². The smallest absolute Gasteiger partial charge is 0.267 e. The van der Waals surface area contributed by atoms with Crippen molar-refractivity contribution in [2.24, 2.45) is 0 Å². The summed E-state index contributed by atoms with van der Waals surface area (Å²) in [6.45, 7) is 0.331. The summed E-state index contributed by atoms with van der Waals surface area (Å²) in [6.07, 6.45) is 3.35. The molecule has 0 radical (unpaired) electrons. The van der Waals surface area contributed by atoms with Crippen molar-refractivity contribution >= 4 is 62.1 Å². The standard InChI is InChI=1S/C22H15Cl2N3O2S/c23-14-7-8-16-18(10-14)30-20(19(16)24)22(29)27-17-6-2-1-5-15(17)21(28)26-12-13-4-3-9-25-11-13/h1-11H,12H2,(H,26,28)(H,27,29). The first-order valence-corrected chi connectivity index (χ1v) is 10.5. The van der Waals surface area contributed by atoms with Gasteiger partial charge in [0, 0.05) is 34.0 Å². The van der Waals surface area contributed by atoms with Crippen molar-refractivity contribution in [1.82, 2.24) is 10.3 Å². The third-order valence-electron chi connectivity index (χ3n) is 4.39. The van der Waals surface area contributed by atoms with E-state index in [0.717, 1.165) is 15.6 Å². The number of hydrogen-bond donors (Lipinski definition) is 2. The number of fused-ring (bicyclic) bond motifs is 1. The van der Waals surface area contributed by atoms with E-state index in [1.165, 1.54) is 11.3 Å². The van der Waals surface area contributed by atoms with Crippen LogP contribution in [0.5, 0.6) is 0 Å². The molecule has 0 aliphatic heterocycles. The van der Waals surface area contributed by atoms with Gasteiger partial charge in [-0.25, -0.2) is 0 Å². The molecule has 4 aromatic rings. The van der Waals surface area contributed by atoms with E-state index in [0.29, 0.717) is 32.7 Å². The van der Waals surface area contributed by atoms with E-state index in [9.17, 15) is 9.59 Å². The van der Waals surface area contributed by atoms with Crippen LogP contribution in [0, 0.1) is 0 Å². The summed E-state index contributed by atoms with van der Waals surface area (Å²) in [5.41, 5.74) is 1.64. The van der Waals surface area contributed by atoms with Crippen molar-refractivity contribution in [2.75, 3.05) is 5.32 Å². The van der Waals surface area contributed by atoms with Crippen LogP contribution in [-0.2, 0) is 6.54 Å². The van der Waals surface area contributed by atoms with E-state index in [1.54, 1.807) is 60.9 Å². The Bertz CT molecular complexity index is 1240. The van der Waals surface area contributed by atoms with Crippen LogP contribution in [0.25, 0.3) is 10.1 Å². The molecule has 0 atom stereocenters. The average molecular weight is 456 g/mol. The predicted molar refractivity (Wildman–Crippen MR) is 122 cm³/mol. The fourth-order valence-electron chi connectivity index (χ4n) is 2.93. The highest BCUT2D eigenvalue weighted by Gasteiger charge is 2.19. The van der Waals surface area contributed by atoms with E-state index in [-0.39, 0.29) is 11.8 Å². The quantitative estimate of drug-likeness (QED) is 0.400. The Balaban J connectivity index is 1.54. The number of aromatic nitrogens is 1. The summed E-state index contributed by atoms with van der Waals surface area (Å²) in [5, 5.41) is 7.34. The summed E-state index contributed by atoms with van der Waals surface area (Å²) < 4.78 is 0.820. The van der Waals surface area contributed by atoms with Crippen molar-refractivity contribution in [1.29, 1.82) is 0 Å². The van der Waals surface area contributed by atoms with Gasteiger partial charge in [-0.05, 0) is 35.9 Å². The second-order valence-electron chi connectivity index (χ2n) is 6.43. The number of nitrogens with zero attached hydrogens (tertiary/aromatic N) is 1. The Hall–Kier alpha value is -2.93. The summed E-state index contributed by atoms with van der Waals surface area (Å²) in [5.74, 6) is -0.686. The summed E-state index contributed by atoms with van der Waals surface area (Å²) in [4.78, 5) is 30.0. The van der Waals surface area contributed by atoms with Crippen LogP contribution >= 0.6 is 34.5 Å². The molecule has 0 saturated heterocycles. The Morgan fingerprint density at radius 1 is 1.00 bits per heavy atom. The number of nitrogens with one attached hydrogen (secondary N) is 2. The number of benzene rings is 2. The highest BCUT2D eigenvalue weighted by atomic mass is 35.5. The molecule has 4 rings (SSSR count). The molecule has 30 heavy (non-hydrogen) atoms. The molecule has 0 aliphatic rings. The Morgan fingerprint density at radius 2 is 1.83 bits per heavy atom. The lowest BCUT2D eigenvalue weighted by Gasteiger charge is -2.11. The highest BCUT2D eigenvalue weighted by Crippen LogP contribution is 2.37. The lowest BCUT2D eigenvalue weighted by atomic mass is 10.1. The van der Waals surface area contributed by atoms with Gasteiger partial charge in [-0.15, -0.1) is 11.3 Å². The highest BCUT2D eigenvalue weighted by molar-refractivity contribution is 7.21. The molecule has 2 heterocycles. The van der Waals surface area contributed by atoms with E-state index in [2.05, 4.69) is 15.6 Å². The number of thiophene rings is 1. The van der Waals surface area contributed by atoms with Gasteiger partial charge < -0.3 is 10.6 Å². The number of para-hydroxylation sites is 1. The van der Waals surface area contributed by atoms with Crippen molar-refractivity contribution in [3.63, 3.8) is 0 Å². The molecule has 2 N–H and O–H groups in total. The van der Waals surface area contributed by atoms with Crippen LogP contribution in [0.1, 0.15) is 25.6 Å². The Labute approximate surface area is 186 Å². The van der Waals surface area contributed by atoms with Crippen molar-refractivity contribution < 1.29 is 9.59 Å². The molecule has 150 valence electrons. The van der Waals surface area contributed by atoms with E-state index < -0.39 is 0 Å². The van der Waals surface area contributed by atoms with Crippen molar-refractivity contribution in [3.8, 4) is 0 Å². The number of rotatable bonds is 5. The molecule has 0 fully saturated rings. The van der Waals surface area contributed by atoms with Gasteiger partial charge in [-0.2, -0.15) is 0 Å². The number of halogens is 2. The average Bonchev–Trinajstić information content (AvgIpc) is 3.09. The van der Waals surface area contributed by atoms with Gasteiger partial charge in [-0.1, -0.05) is 47.5 Å². The second-order valence-corrected chi connectivity index (χ2v) is 8.30. The molecule has 2 aromatic heterocycles. The number of hydrogen-bond acceptors (Lipinski definition) is 4. The van der Waals surface area contributed by atoms with Gasteiger partial charge >= 0.3 is 0 Å². The van der Waals surface area contributed by atoms with Crippen LogP contribution in [0.15, 0.2) is 67.0 Å². The number of carbonyl (C=O) groups is 2. The third-order valence-corrected chi connectivity index (χ3v) is 6.28.